The molecule has 0 aliphatic carbocycles. The van der Waals surface area contributed by atoms with Crippen LogP contribution in [0.25, 0.3) is 0 Å². The van der Waals surface area contributed by atoms with Crippen LogP contribution in [0, 0.1) is 0 Å². The first-order valence-electron chi connectivity index (χ1n) is 4.92. The minimum atomic E-state index is -0.132. The van der Waals surface area contributed by atoms with E-state index in [1.54, 1.807) is 17.5 Å². The number of hydrogen-bond acceptors (Lipinski definition) is 4. The van der Waals surface area contributed by atoms with E-state index >= 15 is 0 Å². The number of rotatable bonds is 5. The molecule has 1 amide bonds. The Morgan fingerprint density at radius 1 is 1.53 bits per heavy atom. The van der Waals surface area contributed by atoms with Crippen molar-refractivity contribution in [3.8, 4) is 0 Å². The molecular weight excluding hydrogens is 210 g/mol. The van der Waals surface area contributed by atoms with Crippen LogP contribution in [0.15, 0.2) is 11.6 Å². The van der Waals surface area contributed by atoms with Crippen LogP contribution in [0.2, 0.25) is 0 Å². The van der Waals surface area contributed by atoms with Gasteiger partial charge in [0.05, 0.1) is 5.54 Å². The highest BCUT2D eigenvalue weighted by Crippen LogP contribution is 2.21. The first-order chi connectivity index (χ1) is 7.02. The van der Waals surface area contributed by atoms with Crippen molar-refractivity contribution in [1.82, 2.24) is 15.6 Å². The third-order valence-corrected chi connectivity index (χ3v) is 3.13. The average Bonchev–Trinajstić information content (AvgIpc) is 2.65. The number of nitrogens with zero attached hydrogens (tertiary/aromatic N) is 1. The third kappa shape index (κ3) is 3.97. The Hall–Kier alpha value is -0.940. The molecule has 2 N–H and O–H groups in total. The highest BCUT2D eigenvalue weighted by molar-refractivity contribution is 7.09. The van der Waals surface area contributed by atoms with Gasteiger partial charge >= 0.3 is 0 Å². The van der Waals surface area contributed by atoms with Crippen molar-refractivity contribution in [1.29, 1.82) is 0 Å². The average molecular weight is 227 g/mol. The first-order valence-corrected chi connectivity index (χ1v) is 5.80. The molecule has 0 saturated carbocycles. The molecule has 0 fully saturated rings. The smallest absolute Gasteiger partial charge is 0.216 e. The van der Waals surface area contributed by atoms with Gasteiger partial charge in [0.15, 0.2) is 0 Å². The molecule has 0 atom stereocenters. The fraction of sp³-hybridized carbons (Fsp3) is 0.600. The van der Waals surface area contributed by atoms with Crippen LogP contribution in [-0.2, 0) is 10.3 Å². The largest absolute Gasteiger partial charge is 0.355 e. The zero-order valence-electron chi connectivity index (χ0n) is 9.33. The summed E-state index contributed by atoms with van der Waals surface area (Å²) in [5, 5.41) is 9.12. The first kappa shape index (κ1) is 12.1. The number of amides is 1. The van der Waals surface area contributed by atoms with Crippen LogP contribution in [0.5, 0.6) is 0 Å². The minimum Gasteiger partial charge on any atom is -0.355 e. The van der Waals surface area contributed by atoms with E-state index in [2.05, 4.69) is 29.5 Å². The second-order valence-electron chi connectivity index (χ2n) is 3.87. The van der Waals surface area contributed by atoms with Gasteiger partial charge < -0.3 is 10.6 Å². The van der Waals surface area contributed by atoms with Gasteiger partial charge in [0.1, 0.15) is 5.01 Å². The molecule has 1 aromatic heterocycles. The van der Waals surface area contributed by atoms with Crippen LogP contribution >= 0.6 is 11.3 Å². The van der Waals surface area contributed by atoms with Crippen molar-refractivity contribution < 1.29 is 4.79 Å². The van der Waals surface area contributed by atoms with Crippen LogP contribution < -0.4 is 10.6 Å². The van der Waals surface area contributed by atoms with Crippen LogP contribution in [-0.4, -0.2) is 24.0 Å². The summed E-state index contributed by atoms with van der Waals surface area (Å²) in [6.07, 6.45) is 1.80. The molecule has 0 saturated heterocycles. The molecule has 4 nitrogen and oxygen atoms in total. The number of hydrogen-bond donors (Lipinski definition) is 2. The molecule has 0 aliphatic heterocycles. The lowest BCUT2D eigenvalue weighted by atomic mass is 10.1. The van der Waals surface area contributed by atoms with Gasteiger partial charge in [0.25, 0.3) is 0 Å². The van der Waals surface area contributed by atoms with E-state index in [1.165, 1.54) is 6.92 Å². The van der Waals surface area contributed by atoms with E-state index in [9.17, 15) is 4.79 Å². The normalized spacial score (nSPS) is 11.4. The van der Waals surface area contributed by atoms with Crippen molar-refractivity contribution in [2.75, 3.05) is 13.1 Å². The molecule has 84 valence electrons. The van der Waals surface area contributed by atoms with Gasteiger partial charge in [-0.3, -0.25) is 4.79 Å². The van der Waals surface area contributed by atoms with E-state index < -0.39 is 0 Å². The number of nitrogens with one attached hydrogen (secondary N) is 2. The topological polar surface area (TPSA) is 54.0 Å². The molecule has 0 spiro atoms. The number of carbonyl (C=O) groups is 1. The molecule has 1 heterocycles. The van der Waals surface area contributed by atoms with Crippen LogP contribution in [0.4, 0.5) is 0 Å². The summed E-state index contributed by atoms with van der Waals surface area (Å²) >= 11 is 1.63. The SMILES string of the molecule is CC(=O)NCCNC(C)(C)c1nccs1. The fourth-order valence-electron chi connectivity index (χ4n) is 1.22. The van der Waals surface area contributed by atoms with E-state index in [0.29, 0.717) is 6.54 Å². The zero-order chi connectivity index (χ0) is 11.3. The van der Waals surface area contributed by atoms with Crippen molar-refractivity contribution in [2.45, 2.75) is 26.3 Å². The maximum atomic E-state index is 10.6. The summed E-state index contributed by atoms with van der Waals surface area (Å²) in [5.74, 6) is 0.00357. The van der Waals surface area contributed by atoms with E-state index in [1.807, 2.05) is 5.38 Å². The lowest BCUT2D eigenvalue weighted by Gasteiger charge is -2.23. The standard InChI is InChI=1S/C10H17N3OS/c1-8(14)11-4-5-13-10(2,3)9-12-6-7-15-9/h6-7,13H,4-5H2,1-3H3,(H,11,14). The quantitative estimate of drug-likeness (QED) is 0.741. The molecule has 0 unspecified atom stereocenters. The highest BCUT2D eigenvalue weighted by Gasteiger charge is 2.21. The summed E-state index contributed by atoms with van der Waals surface area (Å²) in [7, 11) is 0. The van der Waals surface area contributed by atoms with Gasteiger partial charge in [-0.2, -0.15) is 0 Å². The molecule has 0 aromatic carbocycles. The van der Waals surface area contributed by atoms with Crippen LogP contribution in [0.1, 0.15) is 25.8 Å². The monoisotopic (exact) mass is 227 g/mol. The molecule has 0 radical (unpaired) electrons. The Kier molecular flexibility index (Phi) is 4.23. The lowest BCUT2D eigenvalue weighted by molar-refractivity contribution is -0.118. The Morgan fingerprint density at radius 3 is 2.80 bits per heavy atom. The van der Waals surface area contributed by atoms with Gasteiger partial charge in [-0.05, 0) is 13.8 Å². The molecule has 1 aromatic rings. The summed E-state index contributed by atoms with van der Waals surface area (Å²) < 4.78 is 0. The lowest BCUT2D eigenvalue weighted by Crippen LogP contribution is -2.41. The molecule has 15 heavy (non-hydrogen) atoms. The van der Waals surface area contributed by atoms with E-state index in [4.69, 9.17) is 0 Å². The van der Waals surface area contributed by atoms with Gasteiger partial charge in [0, 0.05) is 31.6 Å². The van der Waals surface area contributed by atoms with E-state index in [-0.39, 0.29) is 11.4 Å². The second kappa shape index (κ2) is 5.23. The minimum absolute atomic E-state index is 0.00357. The number of carbonyl (C=O) groups excluding carboxylic acids is 1. The van der Waals surface area contributed by atoms with Crippen molar-refractivity contribution in [3.05, 3.63) is 16.6 Å². The fourth-order valence-corrected chi connectivity index (χ4v) is 1.96. The van der Waals surface area contributed by atoms with Gasteiger partial charge in [0.2, 0.25) is 5.91 Å². The predicted molar refractivity (Wildman–Crippen MR) is 61.8 cm³/mol. The predicted octanol–water partition coefficient (Wildman–Crippen LogP) is 1.10. The zero-order valence-corrected chi connectivity index (χ0v) is 10.1. The van der Waals surface area contributed by atoms with Gasteiger partial charge in [-0.15, -0.1) is 11.3 Å². The van der Waals surface area contributed by atoms with Crippen LogP contribution in [0.3, 0.4) is 0 Å². The molecule has 5 heteroatoms. The Labute approximate surface area is 94.1 Å². The van der Waals surface area contributed by atoms with Gasteiger partial charge in [-0.25, -0.2) is 4.98 Å². The maximum Gasteiger partial charge on any atom is 0.216 e. The van der Waals surface area contributed by atoms with Crippen molar-refractivity contribution in [2.24, 2.45) is 0 Å². The third-order valence-electron chi connectivity index (χ3n) is 2.03. The molecule has 0 aliphatic rings. The maximum absolute atomic E-state index is 10.6. The van der Waals surface area contributed by atoms with Crippen molar-refractivity contribution in [3.63, 3.8) is 0 Å². The van der Waals surface area contributed by atoms with Crippen molar-refractivity contribution >= 4 is 17.2 Å². The second-order valence-corrected chi connectivity index (χ2v) is 4.77. The summed E-state index contributed by atoms with van der Waals surface area (Å²) in [6.45, 7) is 7.07. The Morgan fingerprint density at radius 2 is 2.27 bits per heavy atom. The molecular formula is C10H17N3OS. The number of aromatic nitrogens is 1. The van der Waals surface area contributed by atoms with Gasteiger partial charge in [-0.1, -0.05) is 0 Å². The summed E-state index contributed by atoms with van der Waals surface area (Å²) in [5.41, 5.74) is -0.132. The summed E-state index contributed by atoms with van der Waals surface area (Å²) in [6, 6.07) is 0. The Balaban J connectivity index is 2.34. The summed E-state index contributed by atoms with van der Waals surface area (Å²) in [4.78, 5) is 14.9. The number of thiazole rings is 1. The Bertz CT molecular complexity index is 308. The highest BCUT2D eigenvalue weighted by atomic mass is 32.1. The van der Waals surface area contributed by atoms with E-state index in [0.717, 1.165) is 11.6 Å². The molecule has 1 rings (SSSR count). The molecule has 0 bridgehead atoms.